The molecule has 28 heavy (non-hydrogen) atoms. The fraction of sp³-hybridized carbons (Fsp3) is 0.636. The van der Waals surface area contributed by atoms with E-state index < -0.39 is 0 Å². The summed E-state index contributed by atoms with van der Waals surface area (Å²) in [5.74, 6) is 0.209. The van der Waals surface area contributed by atoms with E-state index in [0.717, 1.165) is 43.6 Å². The number of ether oxygens (including phenoxy) is 2. The summed E-state index contributed by atoms with van der Waals surface area (Å²) in [5, 5.41) is 3.11. The molecule has 0 aliphatic carbocycles. The normalized spacial score (nSPS) is 27.6. The fourth-order valence-electron chi connectivity index (χ4n) is 4.83. The summed E-state index contributed by atoms with van der Waals surface area (Å²) in [6.45, 7) is 7.27. The van der Waals surface area contributed by atoms with Crippen molar-refractivity contribution in [2.75, 3.05) is 32.9 Å². The van der Waals surface area contributed by atoms with Crippen LogP contribution in [-0.4, -0.2) is 61.8 Å². The molecular weight excluding hydrogens is 356 g/mol. The van der Waals surface area contributed by atoms with Gasteiger partial charge in [0.05, 0.1) is 18.1 Å². The maximum Gasteiger partial charge on any atom is 0.254 e. The largest absolute Gasteiger partial charge is 0.381 e. The van der Waals surface area contributed by atoms with E-state index in [-0.39, 0.29) is 29.9 Å². The molecule has 4 rings (SSSR count). The van der Waals surface area contributed by atoms with E-state index in [1.165, 1.54) is 0 Å². The number of benzene rings is 1. The molecule has 2 amide bonds. The lowest BCUT2D eigenvalue weighted by atomic mass is 9.98. The van der Waals surface area contributed by atoms with Crippen LogP contribution in [0.15, 0.2) is 18.2 Å². The van der Waals surface area contributed by atoms with Gasteiger partial charge in [-0.25, -0.2) is 0 Å². The van der Waals surface area contributed by atoms with Gasteiger partial charge in [-0.05, 0) is 51.2 Å². The zero-order chi connectivity index (χ0) is 19.7. The predicted molar refractivity (Wildman–Crippen MR) is 105 cm³/mol. The van der Waals surface area contributed by atoms with E-state index in [9.17, 15) is 9.59 Å². The van der Waals surface area contributed by atoms with Gasteiger partial charge in [-0.2, -0.15) is 0 Å². The molecule has 3 aliphatic rings. The summed E-state index contributed by atoms with van der Waals surface area (Å²) < 4.78 is 11.3. The lowest BCUT2D eigenvalue weighted by Crippen LogP contribution is -2.40. The summed E-state index contributed by atoms with van der Waals surface area (Å²) in [6, 6.07) is 5.92. The van der Waals surface area contributed by atoms with E-state index in [0.29, 0.717) is 31.2 Å². The monoisotopic (exact) mass is 386 g/mol. The van der Waals surface area contributed by atoms with Crippen molar-refractivity contribution >= 4 is 11.8 Å². The third-order valence-corrected chi connectivity index (χ3v) is 6.27. The molecule has 3 atom stereocenters. The van der Waals surface area contributed by atoms with Crippen molar-refractivity contribution in [2.24, 2.45) is 11.8 Å². The summed E-state index contributed by atoms with van der Waals surface area (Å²) in [6.07, 6.45) is 2.59. The van der Waals surface area contributed by atoms with Gasteiger partial charge in [-0.1, -0.05) is 17.2 Å². The number of nitrogens with zero attached hydrogens (tertiary/aromatic N) is 1. The third-order valence-electron chi connectivity index (χ3n) is 6.27. The van der Waals surface area contributed by atoms with Gasteiger partial charge in [-0.3, -0.25) is 9.59 Å². The topological polar surface area (TPSA) is 67.9 Å². The number of carbonyl (C=O) groups is 2. The molecule has 0 unspecified atom stereocenters. The number of nitrogens with one attached hydrogen (secondary N) is 1. The van der Waals surface area contributed by atoms with Gasteiger partial charge in [0.25, 0.3) is 5.91 Å². The highest BCUT2D eigenvalue weighted by atomic mass is 16.5. The molecule has 6 nitrogen and oxygen atoms in total. The highest BCUT2D eigenvalue weighted by molar-refractivity contribution is 5.96. The maximum absolute atomic E-state index is 13.2. The number of hydrogen-bond acceptors (Lipinski definition) is 4. The van der Waals surface area contributed by atoms with Crippen LogP contribution in [-0.2, 0) is 14.3 Å². The summed E-state index contributed by atoms with van der Waals surface area (Å²) in [7, 11) is 0. The molecule has 152 valence electrons. The minimum atomic E-state index is -0.290. The molecule has 0 bridgehead atoms. The van der Waals surface area contributed by atoms with Crippen molar-refractivity contribution in [2.45, 2.75) is 45.3 Å². The van der Waals surface area contributed by atoms with Crippen LogP contribution in [0.3, 0.4) is 0 Å². The zero-order valence-corrected chi connectivity index (χ0v) is 16.8. The Kier molecular flexibility index (Phi) is 5.69. The van der Waals surface area contributed by atoms with Gasteiger partial charge in [0.2, 0.25) is 5.91 Å². The van der Waals surface area contributed by atoms with Crippen molar-refractivity contribution in [1.82, 2.24) is 10.2 Å². The number of aryl methyl sites for hydroxylation is 2. The number of rotatable bonds is 4. The Hall–Kier alpha value is -1.92. The van der Waals surface area contributed by atoms with Crippen LogP contribution < -0.4 is 5.32 Å². The Morgan fingerprint density at radius 2 is 1.79 bits per heavy atom. The number of likely N-dealkylation sites (tertiary alicyclic amines) is 1. The summed E-state index contributed by atoms with van der Waals surface area (Å²) >= 11 is 0. The molecule has 0 aromatic heterocycles. The Bertz CT molecular complexity index is 724. The van der Waals surface area contributed by atoms with E-state index >= 15 is 0 Å². The zero-order valence-electron chi connectivity index (χ0n) is 16.8. The minimum absolute atomic E-state index is 0.00651. The quantitative estimate of drug-likeness (QED) is 0.860. The third kappa shape index (κ3) is 3.94. The second-order valence-electron chi connectivity index (χ2n) is 8.43. The van der Waals surface area contributed by atoms with Gasteiger partial charge in [0, 0.05) is 38.5 Å². The Balaban J connectivity index is 1.44. The van der Waals surface area contributed by atoms with E-state index in [1.54, 1.807) is 0 Å². The van der Waals surface area contributed by atoms with E-state index in [1.807, 2.05) is 30.9 Å². The van der Waals surface area contributed by atoms with Crippen LogP contribution in [0.5, 0.6) is 0 Å². The molecule has 1 aromatic carbocycles. The standard InChI is InChI=1S/C22H30N2O4/c1-14-9-15(2)11-17(10-14)22(26)24-13-18(20-19(24)5-8-28-20)21(25)23-12-16-3-6-27-7-4-16/h9-11,16,18-20H,3-8,12-13H2,1-2H3,(H,23,25)/t18-,19-,20+/m0/s1. The Labute approximate surface area is 166 Å². The molecule has 3 aliphatic heterocycles. The van der Waals surface area contributed by atoms with E-state index in [2.05, 4.69) is 11.4 Å². The molecule has 3 saturated heterocycles. The summed E-state index contributed by atoms with van der Waals surface area (Å²) in [5.41, 5.74) is 2.85. The second-order valence-corrected chi connectivity index (χ2v) is 8.43. The number of fused-ring (bicyclic) bond motifs is 1. The minimum Gasteiger partial charge on any atom is -0.381 e. The van der Waals surface area contributed by atoms with Crippen molar-refractivity contribution < 1.29 is 19.1 Å². The second kappa shape index (κ2) is 8.21. The van der Waals surface area contributed by atoms with Crippen LogP contribution in [0.1, 0.15) is 40.7 Å². The maximum atomic E-state index is 13.2. The smallest absolute Gasteiger partial charge is 0.254 e. The first-order valence-corrected chi connectivity index (χ1v) is 10.4. The number of amides is 2. The molecule has 1 N–H and O–H groups in total. The molecule has 0 spiro atoms. The van der Waals surface area contributed by atoms with Crippen LogP contribution in [0.25, 0.3) is 0 Å². The van der Waals surface area contributed by atoms with Gasteiger partial charge in [0.1, 0.15) is 0 Å². The summed E-state index contributed by atoms with van der Waals surface area (Å²) in [4.78, 5) is 27.9. The van der Waals surface area contributed by atoms with Gasteiger partial charge in [-0.15, -0.1) is 0 Å². The lowest BCUT2D eigenvalue weighted by Gasteiger charge is -2.23. The Morgan fingerprint density at radius 3 is 2.50 bits per heavy atom. The first-order valence-electron chi connectivity index (χ1n) is 10.4. The van der Waals surface area contributed by atoms with Crippen LogP contribution in [0.4, 0.5) is 0 Å². The molecule has 3 heterocycles. The molecular formula is C22H30N2O4. The average molecular weight is 386 g/mol. The van der Waals surface area contributed by atoms with Gasteiger partial charge >= 0.3 is 0 Å². The van der Waals surface area contributed by atoms with Gasteiger partial charge in [0.15, 0.2) is 0 Å². The first kappa shape index (κ1) is 19.4. The average Bonchev–Trinajstić information content (AvgIpc) is 3.28. The molecule has 0 saturated carbocycles. The van der Waals surface area contributed by atoms with Crippen molar-refractivity contribution in [3.8, 4) is 0 Å². The lowest BCUT2D eigenvalue weighted by molar-refractivity contribution is -0.128. The number of hydrogen-bond donors (Lipinski definition) is 1. The number of carbonyl (C=O) groups excluding carboxylic acids is 2. The predicted octanol–water partition coefficient (Wildman–Crippen LogP) is 2.08. The van der Waals surface area contributed by atoms with Crippen LogP contribution in [0, 0.1) is 25.7 Å². The first-order chi connectivity index (χ1) is 13.5. The highest BCUT2D eigenvalue weighted by Gasteiger charge is 2.50. The fourth-order valence-corrected chi connectivity index (χ4v) is 4.83. The van der Waals surface area contributed by atoms with E-state index in [4.69, 9.17) is 9.47 Å². The van der Waals surface area contributed by atoms with Crippen molar-refractivity contribution in [3.63, 3.8) is 0 Å². The molecule has 1 aromatic rings. The highest BCUT2D eigenvalue weighted by Crippen LogP contribution is 2.35. The molecule has 6 heteroatoms. The SMILES string of the molecule is Cc1cc(C)cc(C(=O)N2C[C@H](C(=O)NCC3CCOCC3)[C@H]3OCC[C@@H]32)c1. The van der Waals surface area contributed by atoms with Crippen LogP contribution >= 0.6 is 0 Å². The Morgan fingerprint density at radius 1 is 1.07 bits per heavy atom. The van der Waals surface area contributed by atoms with Crippen LogP contribution in [0.2, 0.25) is 0 Å². The van der Waals surface area contributed by atoms with Crippen molar-refractivity contribution in [3.05, 3.63) is 34.9 Å². The molecule has 3 fully saturated rings. The van der Waals surface area contributed by atoms with Crippen molar-refractivity contribution in [1.29, 1.82) is 0 Å². The molecule has 0 radical (unpaired) electrons. The van der Waals surface area contributed by atoms with Gasteiger partial charge < -0.3 is 19.7 Å².